The van der Waals surface area contributed by atoms with Crippen molar-refractivity contribution >= 4 is 21.4 Å². The van der Waals surface area contributed by atoms with Gasteiger partial charge in [-0.15, -0.1) is 11.3 Å². The van der Waals surface area contributed by atoms with Crippen LogP contribution in [0.1, 0.15) is 23.7 Å². The van der Waals surface area contributed by atoms with E-state index in [0.29, 0.717) is 19.8 Å². The van der Waals surface area contributed by atoms with Crippen molar-refractivity contribution in [2.45, 2.75) is 19.9 Å². The Morgan fingerprint density at radius 2 is 2.41 bits per heavy atom. The number of hydrogen-bond donors (Lipinski definition) is 0. The van der Waals surface area contributed by atoms with Crippen LogP contribution in [0, 0.1) is 6.92 Å². The molecule has 0 amide bonds. The van der Waals surface area contributed by atoms with E-state index >= 15 is 0 Å². The first-order chi connectivity index (χ1) is 8.04. The van der Waals surface area contributed by atoms with Gasteiger partial charge in [-0.2, -0.15) is 4.31 Å². The van der Waals surface area contributed by atoms with Crippen LogP contribution in [-0.2, 0) is 14.8 Å². The molecule has 2 rings (SSSR count). The third kappa shape index (κ3) is 2.67. The largest absolute Gasteiger partial charge is 0.378 e. The summed E-state index contributed by atoms with van der Waals surface area (Å²) in [6.07, 6.45) is 0. The number of hydrogen-bond acceptors (Lipinski definition) is 5. The molecule has 0 bridgehead atoms. The monoisotopic (exact) mass is 276 g/mol. The number of aromatic nitrogens is 1. The summed E-state index contributed by atoms with van der Waals surface area (Å²) in [5, 5.41) is 2.85. The Labute approximate surface area is 105 Å². The molecule has 5 nitrogen and oxygen atoms in total. The number of rotatable bonds is 3. The first-order valence-electron chi connectivity index (χ1n) is 5.54. The van der Waals surface area contributed by atoms with Crippen molar-refractivity contribution in [2.24, 2.45) is 0 Å². The van der Waals surface area contributed by atoms with Gasteiger partial charge in [0.2, 0.25) is 10.0 Å². The zero-order valence-corrected chi connectivity index (χ0v) is 11.6. The Kier molecular flexibility index (Phi) is 3.82. The second-order valence-electron chi connectivity index (χ2n) is 3.89. The van der Waals surface area contributed by atoms with Crippen LogP contribution in [0.5, 0.6) is 0 Å². The van der Waals surface area contributed by atoms with Crippen LogP contribution in [0.2, 0.25) is 0 Å². The molecule has 0 radical (unpaired) electrons. The van der Waals surface area contributed by atoms with E-state index in [-0.39, 0.29) is 11.8 Å². The third-order valence-corrected chi connectivity index (χ3v) is 5.45. The lowest BCUT2D eigenvalue weighted by molar-refractivity contribution is 0.0308. The summed E-state index contributed by atoms with van der Waals surface area (Å²) in [4.78, 5) is 4.36. The Balaban J connectivity index is 2.30. The molecule has 0 aliphatic carbocycles. The van der Waals surface area contributed by atoms with Crippen molar-refractivity contribution in [3.8, 4) is 0 Å². The van der Waals surface area contributed by atoms with Crippen LogP contribution in [0.3, 0.4) is 0 Å². The van der Waals surface area contributed by atoms with E-state index in [1.165, 1.54) is 15.6 Å². The van der Waals surface area contributed by atoms with Crippen molar-refractivity contribution in [2.75, 3.05) is 25.5 Å². The minimum atomic E-state index is -3.19. The van der Waals surface area contributed by atoms with E-state index in [1.54, 1.807) is 6.92 Å². The molecule has 0 aromatic carbocycles. The molecule has 1 saturated heterocycles. The molecule has 1 aliphatic rings. The molecule has 0 saturated carbocycles. The van der Waals surface area contributed by atoms with Gasteiger partial charge in [-0.1, -0.05) is 0 Å². The first-order valence-corrected chi connectivity index (χ1v) is 8.02. The van der Waals surface area contributed by atoms with E-state index < -0.39 is 10.0 Å². The molecular formula is C10H16N2O3S2. The van der Waals surface area contributed by atoms with Gasteiger partial charge in [-0.25, -0.2) is 13.4 Å². The van der Waals surface area contributed by atoms with Crippen LogP contribution in [-0.4, -0.2) is 43.2 Å². The molecule has 96 valence electrons. The van der Waals surface area contributed by atoms with Gasteiger partial charge in [0.15, 0.2) is 0 Å². The molecule has 0 spiro atoms. The van der Waals surface area contributed by atoms with Crippen LogP contribution in [0.15, 0.2) is 5.38 Å². The molecular weight excluding hydrogens is 260 g/mol. The van der Waals surface area contributed by atoms with Gasteiger partial charge in [0, 0.05) is 11.9 Å². The standard InChI is InChI=1S/C10H16N2O3S2/c1-3-17(13,14)12-4-5-15-6-10(12)9-7-16-8(2)11-9/h7,10H,3-6H2,1-2H3/t10-/m0/s1. The summed E-state index contributed by atoms with van der Waals surface area (Å²) in [7, 11) is -3.19. The highest BCUT2D eigenvalue weighted by Gasteiger charge is 2.33. The SMILES string of the molecule is CCS(=O)(=O)N1CCOC[C@H]1c1csc(C)n1. The Morgan fingerprint density at radius 3 is 3.00 bits per heavy atom. The van der Waals surface area contributed by atoms with E-state index in [1.807, 2.05) is 12.3 Å². The van der Waals surface area contributed by atoms with Crippen molar-refractivity contribution in [3.63, 3.8) is 0 Å². The van der Waals surface area contributed by atoms with Gasteiger partial charge in [-0.05, 0) is 13.8 Å². The van der Waals surface area contributed by atoms with Crippen molar-refractivity contribution in [1.29, 1.82) is 0 Å². The summed E-state index contributed by atoms with van der Waals surface area (Å²) in [5.41, 5.74) is 0.796. The van der Waals surface area contributed by atoms with Gasteiger partial charge in [0.1, 0.15) is 0 Å². The molecule has 7 heteroatoms. The molecule has 1 atom stereocenters. The second kappa shape index (κ2) is 5.01. The maximum Gasteiger partial charge on any atom is 0.214 e. The van der Waals surface area contributed by atoms with Crippen LogP contribution in [0.4, 0.5) is 0 Å². The number of morpholine rings is 1. The molecule has 1 aromatic heterocycles. The topological polar surface area (TPSA) is 59.5 Å². The van der Waals surface area contributed by atoms with E-state index in [4.69, 9.17) is 4.74 Å². The maximum absolute atomic E-state index is 12.0. The lowest BCUT2D eigenvalue weighted by atomic mass is 10.2. The molecule has 0 N–H and O–H groups in total. The fourth-order valence-corrected chi connectivity index (χ4v) is 3.75. The molecule has 1 aliphatic heterocycles. The highest BCUT2D eigenvalue weighted by atomic mass is 32.2. The van der Waals surface area contributed by atoms with Gasteiger partial charge >= 0.3 is 0 Å². The molecule has 1 aromatic rings. The molecule has 2 heterocycles. The highest BCUT2D eigenvalue weighted by molar-refractivity contribution is 7.89. The molecule has 1 fully saturated rings. The van der Waals surface area contributed by atoms with E-state index in [2.05, 4.69) is 4.98 Å². The van der Waals surface area contributed by atoms with Crippen LogP contribution < -0.4 is 0 Å². The van der Waals surface area contributed by atoms with Gasteiger partial charge in [0.25, 0.3) is 0 Å². The summed E-state index contributed by atoms with van der Waals surface area (Å²) < 4.78 is 30.9. The van der Waals surface area contributed by atoms with E-state index in [0.717, 1.165) is 10.7 Å². The summed E-state index contributed by atoms with van der Waals surface area (Å²) in [6.45, 7) is 4.84. The lowest BCUT2D eigenvalue weighted by Gasteiger charge is -2.33. The number of aryl methyl sites for hydroxylation is 1. The quantitative estimate of drug-likeness (QED) is 0.831. The summed E-state index contributed by atoms with van der Waals surface area (Å²) in [6, 6.07) is -0.265. The summed E-state index contributed by atoms with van der Waals surface area (Å²) >= 11 is 1.53. The predicted octanol–water partition coefficient (Wildman–Crippen LogP) is 1.17. The Bertz CT molecular complexity index is 483. The van der Waals surface area contributed by atoms with E-state index in [9.17, 15) is 8.42 Å². The minimum absolute atomic E-state index is 0.118. The van der Waals surface area contributed by atoms with Gasteiger partial charge in [-0.3, -0.25) is 0 Å². The van der Waals surface area contributed by atoms with Gasteiger partial charge in [0.05, 0.1) is 35.7 Å². The fourth-order valence-electron chi connectivity index (χ4n) is 1.85. The molecule has 17 heavy (non-hydrogen) atoms. The Hall–Kier alpha value is -0.500. The zero-order chi connectivity index (χ0) is 12.5. The van der Waals surface area contributed by atoms with Crippen molar-refractivity contribution in [1.82, 2.24) is 9.29 Å². The van der Waals surface area contributed by atoms with Crippen molar-refractivity contribution < 1.29 is 13.2 Å². The van der Waals surface area contributed by atoms with Crippen LogP contribution >= 0.6 is 11.3 Å². The minimum Gasteiger partial charge on any atom is -0.378 e. The zero-order valence-electron chi connectivity index (χ0n) is 9.92. The second-order valence-corrected chi connectivity index (χ2v) is 7.17. The normalized spacial score (nSPS) is 22.8. The average Bonchev–Trinajstić information content (AvgIpc) is 2.76. The van der Waals surface area contributed by atoms with Gasteiger partial charge < -0.3 is 4.74 Å². The fraction of sp³-hybridized carbons (Fsp3) is 0.700. The summed E-state index contributed by atoms with van der Waals surface area (Å²) in [5.74, 6) is 0.118. The smallest absolute Gasteiger partial charge is 0.214 e. The Morgan fingerprint density at radius 1 is 1.65 bits per heavy atom. The van der Waals surface area contributed by atoms with Crippen LogP contribution in [0.25, 0.3) is 0 Å². The number of ether oxygens (including phenoxy) is 1. The first kappa shape index (κ1) is 12.9. The maximum atomic E-state index is 12.0. The average molecular weight is 276 g/mol. The molecule has 0 unspecified atom stereocenters. The predicted molar refractivity (Wildman–Crippen MR) is 66.6 cm³/mol. The number of nitrogens with zero attached hydrogens (tertiary/aromatic N) is 2. The van der Waals surface area contributed by atoms with Crippen molar-refractivity contribution in [3.05, 3.63) is 16.1 Å². The number of thiazole rings is 1. The number of sulfonamides is 1. The highest BCUT2D eigenvalue weighted by Crippen LogP contribution is 2.27. The lowest BCUT2D eigenvalue weighted by Crippen LogP contribution is -2.44. The third-order valence-electron chi connectivity index (χ3n) is 2.78.